The number of benzene rings is 1. The largest absolute Gasteiger partial charge is 0.324 e. The molecule has 2 rings (SSSR count). The van der Waals surface area contributed by atoms with E-state index in [1.807, 2.05) is 42.9 Å². The standard InChI is InChI=1S/C12H14ClN3/c1-8(14)11-7-15-16(2)12(11)9-4-3-5-10(13)6-9/h3-8H,14H2,1-2H3. The fourth-order valence-electron chi connectivity index (χ4n) is 1.78. The van der Waals surface area contributed by atoms with Crippen LogP contribution in [0.1, 0.15) is 18.5 Å². The predicted octanol–water partition coefficient (Wildman–Crippen LogP) is 2.76. The lowest BCUT2D eigenvalue weighted by molar-refractivity contribution is 0.772. The fraction of sp³-hybridized carbons (Fsp3) is 0.250. The number of nitrogens with zero attached hydrogens (tertiary/aromatic N) is 2. The molecule has 0 spiro atoms. The quantitative estimate of drug-likeness (QED) is 0.870. The Kier molecular flexibility index (Phi) is 2.99. The monoisotopic (exact) mass is 235 g/mol. The zero-order valence-corrected chi connectivity index (χ0v) is 10.1. The van der Waals surface area contributed by atoms with Crippen LogP contribution >= 0.6 is 11.6 Å². The second kappa shape index (κ2) is 4.28. The Balaban J connectivity index is 2.59. The van der Waals surface area contributed by atoms with Crippen molar-refractivity contribution in [2.45, 2.75) is 13.0 Å². The number of rotatable bonds is 2. The van der Waals surface area contributed by atoms with E-state index >= 15 is 0 Å². The summed E-state index contributed by atoms with van der Waals surface area (Å²) in [6.07, 6.45) is 1.81. The lowest BCUT2D eigenvalue weighted by Crippen LogP contribution is -2.06. The molecule has 0 aliphatic heterocycles. The van der Waals surface area contributed by atoms with Gasteiger partial charge in [0.25, 0.3) is 0 Å². The van der Waals surface area contributed by atoms with Gasteiger partial charge in [-0.15, -0.1) is 0 Å². The van der Waals surface area contributed by atoms with E-state index in [4.69, 9.17) is 17.3 Å². The second-order valence-electron chi connectivity index (χ2n) is 3.87. The molecule has 3 nitrogen and oxygen atoms in total. The lowest BCUT2D eigenvalue weighted by atomic mass is 10.0. The molecule has 0 bridgehead atoms. The van der Waals surface area contributed by atoms with E-state index in [0.29, 0.717) is 5.02 Å². The summed E-state index contributed by atoms with van der Waals surface area (Å²) < 4.78 is 1.82. The first-order valence-corrected chi connectivity index (χ1v) is 5.51. The van der Waals surface area contributed by atoms with Crippen molar-refractivity contribution in [2.75, 3.05) is 0 Å². The molecule has 4 heteroatoms. The molecule has 84 valence electrons. The van der Waals surface area contributed by atoms with E-state index in [0.717, 1.165) is 16.8 Å². The molecule has 2 N–H and O–H groups in total. The van der Waals surface area contributed by atoms with Gasteiger partial charge in [0.05, 0.1) is 11.9 Å². The van der Waals surface area contributed by atoms with Gasteiger partial charge in [-0.2, -0.15) is 5.10 Å². The number of nitrogens with two attached hydrogens (primary N) is 1. The zero-order valence-electron chi connectivity index (χ0n) is 9.31. The topological polar surface area (TPSA) is 43.8 Å². The van der Waals surface area contributed by atoms with Crippen molar-refractivity contribution < 1.29 is 0 Å². The lowest BCUT2D eigenvalue weighted by Gasteiger charge is -2.09. The van der Waals surface area contributed by atoms with Crippen LogP contribution in [-0.2, 0) is 7.05 Å². The molecule has 1 aromatic carbocycles. The Morgan fingerprint density at radius 1 is 1.44 bits per heavy atom. The Morgan fingerprint density at radius 3 is 2.81 bits per heavy atom. The summed E-state index contributed by atoms with van der Waals surface area (Å²) in [6, 6.07) is 7.67. The van der Waals surface area contributed by atoms with Crippen molar-refractivity contribution in [3.63, 3.8) is 0 Å². The second-order valence-corrected chi connectivity index (χ2v) is 4.31. The van der Waals surface area contributed by atoms with Crippen LogP contribution in [0.2, 0.25) is 5.02 Å². The molecule has 1 unspecified atom stereocenters. The van der Waals surface area contributed by atoms with Gasteiger partial charge in [0.2, 0.25) is 0 Å². The van der Waals surface area contributed by atoms with Crippen LogP contribution < -0.4 is 5.73 Å². The van der Waals surface area contributed by atoms with E-state index in [9.17, 15) is 0 Å². The number of hydrogen-bond donors (Lipinski definition) is 1. The summed E-state index contributed by atoms with van der Waals surface area (Å²) in [5, 5.41) is 4.95. The summed E-state index contributed by atoms with van der Waals surface area (Å²) in [7, 11) is 1.90. The van der Waals surface area contributed by atoms with Gasteiger partial charge < -0.3 is 5.73 Å². The fourth-order valence-corrected chi connectivity index (χ4v) is 1.97. The van der Waals surface area contributed by atoms with Gasteiger partial charge in [0, 0.05) is 29.2 Å². The maximum absolute atomic E-state index is 5.99. The van der Waals surface area contributed by atoms with Crippen LogP contribution in [0.3, 0.4) is 0 Å². The van der Waals surface area contributed by atoms with Gasteiger partial charge >= 0.3 is 0 Å². The normalized spacial score (nSPS) is 12.8. The van der Waals surface area contributed by atoms with E-state index < -0.39 is 0 Å². The zero-order chi connectivity index (χ0) is 11.7. The Bertz CT molecular complexity index is 503. The summed E-state index contributed by atoms with van der Waals surface area (Å²) in [5.74, 6) is 0. The smallest absolute Gasteiger partial charge is 0.0727 e. The molecule has 0 saturated carbocycles. The first-order chi connectivity index (χ1) is 7.59. The first kappa shape index (κ1) is 11.2. The number of aryl methyl sites for hydroxylation is 1. The van der Waals surface area contributed by atoms with Crippen LogP contribution in [0.5, 0.6) is 0 Å². The van der Waals surface area contributed by atoms with Gasteiger partial charge in [-0.3, -0.25) is 4.68 Å². The van der Waals surface area contributed by atoms with Crippen LogP contribution in [0.25, 0.3) is 11.3 Å². The predicted molar refractivity (Wildman–Crippen MR) is 66.3 cm³/mol. The molecular formula is C12H14ClN3. The third kappa shape index (κ3) is 1.96. The third-order valence-electron chi connectivity index (χ3n) is 2.56. The van der Waals surface area contributed by atoms with E-state index in [1.54, 1.807) is 6.20 Å². The molecule has 0 amide bonds. The Hall–Kier alpha value is -1.32. The molecule has 1 aromatic heterocycles. The number of hydrogen-bond acceptors (Lipinski definition) is 2. The maximum Gasteiger partial charge on any atom is 0.0727 e. The van der Waals surface area contributed by atoms with Gasteiger partial charge in [0.15, 0.2) is 0 Å². The maximum atomic E-state index is 5.99. The van der Waals surface area contributed by atoms with Crippen LogP contribution in [0.4, 0.5) is 0 Å². The van der Waals surface area contributed by atoms with E-state index in [1.165, 1.54) is 0 Å². The van der Waals surface area contributed by atoms with Crippen molar-refractivity contribution in [3.8, 4) is 11.3 Å². The van der Waals surface area contributed by atoms with Crippen molar-refractivity contribution in [2.24, 2.45) is 12.8 Å². The van der Waals surface area contributed by atoms with Crippen LogP contribution in [-0.4, -0.2) is 9.78 Å². The number of halogens is 1. The number of aromatic nitrogens is 2. The van der Waals surface area contributed by atoms with E-state index in [-0.39, 0.29) is 6.04 Å². The highest BCUT2D eigenvalue weighted by atomic mass is 35.5. The van der Waals surface area contributed by atoms with Gasteiger partial charge in [-0.1, -0.05) is 23.7 Å². The SMILES string of the molecule is CC(N)c1cnn(C)c1-c1cccc(Cl)c1. The van der Waals surface area contributed by atoms with Crippen LogP contribution in [0.15, 0.2) is 30.5 Å². The molecule has 16 heavy (non-hydrogen) atoms. The molecular weight excluding hydrogens is 222 g/mol. The summed E-state index contributed by atoms with van der Waals surface area (Å²) in [5.41, 5.74) is 9.02. The summed E-state index contributed by atoms with van der Waals surface area (Å²) in [4.78, 5) is 0. The Morgan fingerprint density at radius 2 is 2.19 bits per heavy atom. The van der Waals surface area contributed by atoms with Crippen molar-refractivity contribution in [1.29, 1.82) is 0 Å². The van der Waals surface area contributed by atoms with E-state index in [2.05, 4.69) is 5.10 Å². The van der Waals surface area contributed by atoms with Crippen molar-refractivity contribution in [3.05, 3.63) is 41.0 Å². The molecule has 0 aliphatic rings. The Labute approximate surface area is 99.8 Å². The molecule has 0 saturated heterocycles. The highest BCUT2D eigenvalue weighted by Gasteiger charge is 2.13. The van der Waals surface area contributed by atoms with Crippen molar-refractivity contribution in [1.82, 2.24) is 9.78 Å². The third-order valence-corrected chi connectivity index (χ3v) is 2.79. The molecule has 1 atom stereocenters. The highest BCUT2D eigenvalue weighted by Crippen LogP contribution is 2.28. The highest BCUT2D eigenvalue weighted by molar-refractivity contribution is 6.30. The average molecular weight is 236 g/mol. The van der Waals surface area contributed by atoms with Gasteiger partial charge in [-0.25, -0.2) is 0 Å². The molecule has 0 radical (unpaired) electrons. The summed E-state index contributed by atoms with van der Waals surface area (Å²) >= 11 is 5.99. The summed E-state index contributed by atoms with van der Waals surface area (Å²) in [6.45, 7) is 1.95. The minimum Gasteiger partial charge on any atom is -0.324 e. The molecule has 0 fully saturated rings. The minimum atomic E-state index is -0.0392. The van der Waals surface area contributed by atoms with Crippen molar-refractivity contribution >= 4 is 11.6 Å². The van der Waals surface area contributed by atoms with Gasteiger partial charge in [0.1, 0.15) is 0 Å². The van der Waals surface area contributed by atoms with Crippen LogP contribution in [0, 0.1) is 0 Å². The molecule has 1 heterocycles. The van der Waals surface area contributed by atoms with Gasteiger partial charge in [-0.05, 0) is 19.1 Å². The first-order valence-electron chi connectivity index (χ1n) is 5.13. The molecule has 0 aliphatic carbocycles. The average Bonchev–Trinajstić information content (AvgIpc) is 2.60. The minimum absolute atomic E-state index is 0.0392. The molecule has 2 aromatic rings.